The molecular weight excluding hydrogens is 96.1 g/mol. The summed E-state index contributed by atoms with van der Waals surface area (Å²) in [6.45, 7) is 7.19. The second-order valence-corrected chi connectivity index (χ2v) is 1.92. The zero-order valence-corrected chi connectivity index (χ0v) is 4.31. The van der Waals surface area contributed by atoms with E-state index in [-0.39, 0.29) is 0 Å². The van der Waals surface area contributed by atoms with E-state index in [1.54, 1.807) is 0 Å². The minimum Gasteiger partial charge on any atom is -0.0616 e. The van der Waals surface area contributed by atoms with Gasteiger partial charge in [-0.25, -0.2) is 0 Å². The summed E-state index contributed by atoms with van der Waals surface area (Å²) in [7, 11) is 0. The van der Waals surface area contributed by atoms with Gasteiger partial charge in [-0.15, -0.1) is 0 Å². The van der Waals surface area contributed by atoms with E-state index in [0.29, 0.717) is 0 Å². The maximum atomic E-state index is 7.19. The molecule has 0 N–H and O–H groups in total. The lowest BCUT2D eigenvalue weighted by atomic mass is 10.4. The highest BCUT2D eigenvalue weighted by atomic mass is 14.2. The highest BCUT2D eigenvalue weighted by Crippen LogP contribution is 2.39. The molecule has 0 amide bonds. The Labute approximate surface area is 48.5 Å². The van der Waals surface area contributed by atoms with Gasteiger partial charge >= 0.3 is 0 Å². The van der Waals surface area contributed by atoms with Crippen LogP contribution in [0.4, 0.5) is 0 Å². The predicted molar refractivity (Wildman–Crippen MR) is 32.2 cm³/mol. The zero-order valence-electron chi connectivity index (χ0n) is 4.31. The van der Waals surface area contributed by atoms with Gasteiger partial charge in [-0.3, -0.25) is 0 Å². The molecule has 0 saturated carbocycles. The van der Waals surface area contributed by atoms with Crippen molar-refractivity contribution >= 4 is 5.57 Å². The highest BCUT2D eigenvalue weighted by molar-refractivity contribution is 5.97. The average molecular weight is 100 g/mol. The van der Waals surface area contributed by atoms with Crippen LogP contribution >= 0.6 is 0 Å². The van der Waals surface area contributed by atoms with Crippen molar-refractivity contribution < 1.29 is 0 Å². The highest BCUT2D eigenvalue weighted by Gasteiger charge is 2.20. The van der Waals surface area contributed by atoms with Gasteiger partial charge in [-0.2, -0.15) is 0 Å². The summed E-state index contributed by atoms with van der Waals surface area (Å²) in [4.78, 5) is 0. The average Bonchev–Trinajstić information content (AvgIpc) is 2.46. The van der Waals surface area contributed by atoms with Crippen LogP contribution in [0.3, 0.4) is 0 Å². The molecule has 0 unspecified atom stereocenters. The summed E-state index contributed by atoms with van der Waals surface area (Å²) < 4.78 is 0. The molecule has 8 heavy (non-hydrogen) atoms. The number of hydrogen-bond donors (Lipinski definition) is 0. The van der Waals surface area contributed by atoms with Gasteiger partial charge < -0.3 is 0 Å². The van der Waals surface area contributed by atoms with Gasteiger partial charge in [0, 0.05) is 0 Å². The Kier molecular flexibility index (Phi) is 0.500. The number of rotatable bonds is 0. The molecule has 0 nitrogen and oxygen atoms in total. The van der Waals surface area contributed by atoms with Crippen LogP contribution in [0.2, 0.25) is 0 Å². The molecule has 2 radical (unpaired) electrons. The lowest BCUT2D eigenvalue weighted by Gasteiger charge is -1.67. The van der Waals surface area contributed by atoms with E-state index in [0.717, 1.165) is 16.7 Å². The summed E-state index contributed by atoms with van der Waals surface area (Å²) in [6.07, 6.45) is 0. The largest absolute Gasteiger partial charge is 0.0616 e. The molecule has 0 atom stereocenters. The Bertz CT molecular complexity index is 221. The van der Waals surface area contributed by atoms with Gasteiger partial charge in [0.25, 0.3) is 0 Å². The zero-order chi connectivity index (χ0) is 5.56. The lowest BCUT2D eigenvalue weighted by molar-refractivity contribution is 1.77. The van der Waals surface area contributed by atoms with Crippen molar-refractivity contribution in [2.45, 2.75) is 0 Å². The first-order valence-corrected chi connectivity index (χ1v) is 2.58. The maximum absolute atomic E-state index is 7.19. The van der Waals surface area contributed by atoms with E-state index in [1.807, 2.05) is 24.3 Å². The van der Waals surface area contributed by atoms with Crippen molar-refractivity contribution in [2.24, 2.45) is 0 Å². The number of hydrogen-bond acceptors (Lipinski definition) is 0. The van der Waals surface area contributed by atoms with Gasteiger partial charge in [0.15, 0.2) is 0 Å². The van der Waals surface area contributed by atoms with Crippen LogP contribution in [0.1, 0.15) is 11.1 Å². The second-order valence-electron chi connectivity index (χ2n) is 1.92. The molecule has 36 valence electrons. The fraction of sp³-hybridized carbons (Fsp3) is 0. The third kappa shape index (κ3) is 0.305. The molecular formula is C8H4. The molecule has 2 rings (SSSR count). The van der Waals surface area contributed by atoms with E-state index in [1.165, 1.54) is 0 Å². The first-order valence-electron chi connectivity index (χ1n) is 2.58. The smallest absolute Gasteiger partial charge is 0.0000476 e. The summed E-state index contributed by atoms with van der Waals surface area (Å²) in [6, 6.07) is 7.86. The topological polar surface area (TPSA) is 0 Å². The number of fused-ring (bicyclic) bond motifs is 1. The third-order valence-corrected chi connectivity index (χ3v) is 1.40. The minimum atomic E-state index is 0.718. The fourth-order valence-electron chi connectivity index (χ4n) is 0.867. The molecule has 1 aliphatic rings. The first kappa shape index (κ1) is 3.90. The molecule has 1 aromatic rings. The van der Waals surface area contributed by atoms with Gasteiger partial charge in [-0.05, 0) is 23.3 Å². The van der Waals surface area contributed by atoms with Crippen LogP contribution in [0, 0.1) is 6.58 Å². The summed E-state index contributed by atoms with van der Waals surface area (Å²) in [5.41, 5.74) is 2.95. The van der Waals surface area contributed by atoms with Gasteiger partial charge in [0.2, 0.25) is 0 Å². The molecule has 0 saturated heterocycles. The summed E-state index contributed by atoms with van der Waals surface area (Å²) in [5.74, 6) is 0. The van der Waals surface area contributed by atoms with Crippen LogP contribution < -0.4 is 0 Å². The molecule has 0 bridgehead atoms. The Morgan fingerprint density at radius 2 is 1.50 bits per heavy atom. The van der Waals surface area contributed by atoms with Crippen molar-refractivity contribution in [1.29, 1.82) is 0 Å². The standard InChI is InChI=1S/C8H4/c1-6-7-4-2-3-5-8(6)7/h2-5H. The van der Waals surface area contributed by atoms with E-state index >= 15 is 0 Å². The summed E-state index contributed by atoms with van der Waals surface area (Å²) >= 11 is 0. The minimum absolute atomic E-state index is 0.718. The van der Waals surface area contributed by atoms with Crippen molar-refractivity contribution in [3.63, 3.8) is 0 Å². The van der Waals surface area contributed by atoms with E-state index in [2.05, 4.69) is 0 Å². The quantitative estimate of drug-likeness (QED) is 0.473. The Hall–Kier alpha value is -1.04. The van der Waals surface area contributed by atoms with Crippen molar-refractivity contribution in [1.82, 2.24) is 0 Å². The predicted octanol–water partition coefficient (Wildman–Crippen LogP) is 1.74. The Morgan fingerprint density at radius 1 is 1.00 bits per heavy atom. The van der Waals surface area contributed by atoms with E-state index < -0.39 is 0 Å². The molecule has 0 heteroatoms. The van der Waals surface area contributed by atoms with Gasteiger partial charge in [-0.1, -0.05) is 24.3 Å². The molecule has 0 fully saturated rings. The molecule has 0 aromatic heterocycles. The van der Waals surface area contributed by atoms with Crippen molar-refractivity contribution in [2.75, 3.05) is 0 Å². The normalized spacial score (nSPS) is 13.2. The van der Waals surface area contributed by atoms with Crippen LogP contribution in [0.5, 0.6) is 0 Å². The molecule has 0 heterocycles. The Morgan fingerprint density at radius 3 is 1.88 bits per heavy atom. The number of benzene rings is 1. The fourth-order valence-corrected chi connectivity index (χ4v) is 0.867. The van der Waals surface area contributed by atoms with E-state index in [9.17, 15) is 0 Å². The third-order valence-electron chi connectivity index (χ3n) is 1.40. The van der Waals surface area contributed by atoms with Crippen molar-refractivity contribution in [3.05, 3.63) is 42.0 Å². The van der Waals surface area contributed by atoms with Crippen molar-refractivity contribution in [3.8, 4) is 0 Å². The molecule has 0 spiro atoms. The molecule has 0 aliphatic heterocycles. The van der Waals surface area contributed by atoms with Gasteiger partial charge in [0.1, 0.15) is 0 Å². The van der Waals surface area contributed by atoms with Crippen LogP contribution in [-0.4, -0.2) is 0 Å². The van der Waals surface area contributed by atoms with Crippen LogP contribution in [0.25, 0.3) is 5.57 Å². The molecule has 1 aromatic carbocycles. The van der Waals surface area contributed by atoms with Gasteiger partial charge in [0.05, 0.1) is 0 Å². The Balaban J connectivity index is 2.74. The maximum Gasteiger partial charge on any atom is -0.0000476 e. The summed E-state index contributed by atoms with van der Waals surface area (Å²) in [5, 5.41) is 0. The molecule has 1 aliphatic carbocycles. The van der Waals surface area contributed by atoms with Crippen LogP contribution in [0.15, 0.2) is 24.3 Å². The van der Waals surface area contributed by atoms with E-state index in [4.69, 9.17) is 6.58 Å². The monoisotopic (exact) mass is 100 g/mol. The lowest BCUT2D eigenvalue weighted by Crippen LogP contribution is -1.48. The first-order chi connectivity index (χ1) is 3.89. The second kappa shape index (κ2) is 1.03. The van der Waals surface area contributed by atoms with Crippen LogP contribution in [-0.2, 0) is 0 Å². The SMILES string of the molecule is [C]=C1c2ccccc21.